The molecular formula is C42H48. The summed E-state index contributed by atoms with van der Waals surface area (Å²) in [6.07, 6.45) is 15.7. The molecule has 0 heteroatoms. The van der Waals surface area contributed by atoms with Gasteiger partial charge in [-0.25, -0.2) is 0 Å². The summed E-state index contributed by atoms with van der Waals surface area (Å²) in [6.45, 7) is 27.0. The fourth-order valence-corrected chi connectivity index (χ4v) is 7.38. The lowest BCUT2D eigenvalue weighted by molar-refractivity contribution is 0.614. The van der Waals surface area contributed by atoms with E-state index in [1.54, 1.807) is 0 Å². The third kappa shape index (κ3) is 5.57. The fraction of sp³-hybridized carbons (Fsp3) is 0.333. The smallest absolute Gasteiger partial charge is 0.0203 e. The molecule has 0 aliphatic heterocycles. The molecule has 0 amide bonds. The summed E-state index contributed by atoms with van der Waals surface area (Å²) in [5.41, 5.74) is 20.4. The molecule has 2 unspecified atom stereocenters. The molecular weight excluding hydrogens is 504 g/mol. The van der Waals surface area contributed by atoms with E-state index in [2.05, 4.69) is 115 Å². The summed E-state index contributed by atoms with van der Waals surface area (Å²) >= 11 is 0. The lowest BCUT2D eigenvalue weighted by Crippen LogP contribution is -2.22. The molecule has 0 heterocycles. The SMILES string of the molecule is C=C(CCC)C1=C(C)C=C2CC(=CC3=CC=C(c4cc(C(=C)C)ccc4C)C3)C(=C)C2C1c1ccc(CC)cc1CC. The number of fused-ring (bicyclic) bond motifs is 1. The quantitative estimate of drug-likeness (QED) is 0.290. The molecule has 0 aromatic heterocycles. The Morgan fingerprint density at radius 2 is 1.71 bits per heavy atom. The van der Waals surface area contributed by atoms with Crippen molar-refractivity contribution in [2.75, 3.05) is 0 Å². The number of hydrogen-bond donors (Lipinski definition) is 0. The highest BCUT2D eigenvalue weighted by molar-refractivity contribution is 5.78. The molecule has 0 spiro atoms. The van der Waals surface area contributed by atoms with Crippen molar-refractivity contribution in [3.63, 3.8) is 0 Å². The van der Waals surface area contributed by atoms with Gasteiger partial charge >= 0.3 is 0 Å². The van der Waals surface area contributed by atoms with E-state index in [-0.39, 0.29) is 5.92 Å². The largest absolute Gasteiger partial charge is 0.0955 e. The first-order valence-electron chi connectivity index (χ1n) is 15.9. The Kier molecular flexibility index (Phi) is 8.74. The second-order valence-corrected chi connectivity index (χ2v) is 12.7. The second-order valence-electron chi connectivity index (χ2n) is 12.7. The molecule has 5 rings (SSSR count). The first-order valence-corrected chi connectivity index (χ1v) is 15.9. The molecule has 216 valence electrons. The predicted molar refractivity (Wildman–Crippen MR) is 185 cm³/mol. The highest BCUT2D eigenvalue weighted by atomic mass is 14.4. The number of allylic oxidation sites excluding steroid dienone is 13. The van der Waals surface area contributed by atoms with Gasteiger partial charge in [-0.15, -0.1) is 0 Å². The molecule has 2 atom stereocenters. The van der Waals surface area contributed by atoms with Gasteiger partial charge in [-0.3, -0.25) is 0 Å². The number of rotatable bonds is 9. The Bertz CT molecular complexity index is 1620. The van der Waals surface area contributed by atoms with Gasteiger partial charge in [-0.05, 0) is 126 Å². The van der Waals surface area contributed by atoms with Gasteiger partial charge in [0.1, 0.15) is 0 Å². The molecule has 3 aliphatic rings. The van der Waals surface area contributed by atoms with E-state index in [1.807, 2.05) is 0 Å². The van der Waals surface area contributed by atoms with Crippen molar-refractivity contribution in [2.45, 2.75) is 86.0 Å². The van der Waals surface area contributed by atoms with E-state index in [1.165, 1.54) is 78.0 Å². The van der Waals surface area contributed by atoms with E-state index >= 15 is 0 Å². The van der Waals surface area contributed by atoms with Gasteiger partial charge in [0.25, 0.3) is 0 Å². The predicted octanol–water partition coefficient (Wildman–Crippen LogP) is 11.8. The molecule has 0 N–H and O–H groups in total. The van der Waals surface area contributed by atoms with Crippen LogP contribution in [0.15, 0.2) is 119 Å². The van der Waals surface area contributed by atoms with Crippen molar-refractivity contribution in [1.82, 2.24) is 0 Å². The van der Waals surface area contributed by atoms with Crippen molar-refractivity contribution in [3.8, 4) is 0 Å². The lowest BCUT2D eigenvalue weighted by atomic mass is 9.68. The molecule has 3 aliphatic carbocycles. The minimum absolute atomic E-state index is 0.280. The van der Waals surface area contributed by atoms with Crippen LogP contribution in [0.5, 0.6) is 0 Å². The van der Waals surface area contributed by atoms with Gasteiger partial charge in [0.2, 0.25) is 0 Å². The molecule has 1 saturated carbocycles. The topological polar surface area (TPSA) is 0 Å². The molecule has 0 radical (unpaired) electrons. The zero-order chi connectivity index (χ0) is 30.1. The fourth-order valence-electron chi connectivity index (χ4n) is 7.38. The Morgan fingerprint density at radius 3 is 2.40 bits per heavy atom. The van der Waals surface area contributed by atoms with Crippen molar-refractivity contribution in [3.05, 3.63) is 153 Å². The zero-order valence-corrected chi connectivity index (χ0v) is 26.8. The van der Waals surface area contributed by atoms with Crippen LogP contribution in [0.2, 0.25) is 0 Å². The first-order chi connectivity index (χ1) is 20.2. The summed E-state index contributed by atoms with van der Waals surface area (Å²) < 4.78 is 0. The van der Waals surface area contributed by atoms with E-state index in [0.717, 1.165) is 44.1 Å². The van der Waals surface area contributed by atoms with Gasteiger partial charge in [0.15, 0.2) is 0 Å². The molecule has 1 fully saturated rings. The first kappa shape index (κ1) is 29.8. The van der Waals surface area contributed by atoms with Gasteiger partial charge in [-0.1, -0.05) is 118 Å². The number of benzene rings is 2. The summed E-state index contributed by atoms with van der Waals surface area (Å²) in [5, 5.41) is 0. The third-order valence-electron chi connectivity index (χ3n) is 9.65. The van der Waals surface area contributed by atoms with Crippen LogP contribution in [0.3, 0.4) is 0 Å². The van der Waals surface area contributed by atoms with Crippen LogP contribution >= 0.6 is 0 Å². The Morgan fingerprint density at radius 1 is 0.929 bits per heavy atom. The maximum absolute atomic E-state index is 4.80. The Labute approximate surface area is 255 Å². The molecule has 0 bridgehead atoms. The molecule has 42 heavy (non-hydrogen) atoms. The normalized spacial score (nSPS) is 21.0. The molecule has 2 aromatic rings. The van der Waals surface area contributed by atoms with Crippen molar-refractivity contribution in [1.29, 1.82) is 0 Å². The maximum atomic E-state index is 4.80. The van der Waals surface area contributed by atoms with Crippen LogP contribution in [-0.2, 0) is 12.8 Å². The van der Waals surface area contributed by atoms with Gasteiger partial charge < -0.3 is 0 Å². The van der Waals surface area contributed by atoms with Gasteiger partial charge in [0.05, 0.1) is 0 Å². The van der Waals surface area contributed by atoms with E-state index in [9.17, 15) is 0 Å². The number of aryl methyl sites for hydroxylation is 3. The zero-order valence-electron chi connectivity index (χ0n) is 26.8. The molecule has 2 aromatic carbocycles. The van der Waals surface area contributed by atoms with Crippen LogP contribution in [0, 0.1) is 12.8 Å². The van der Waals surface area contributed by atoms with Crippen LogP contribution in [0.25, 0.3) is 11.1 Å². The van der Waals surface area contributed by atoms with Crippen molar-refractivity contribution < 1.29 is 0 Å². The van der Waals surface area contributed by atoms with Gasteiger partial charge in [-0.2, -0.15) is 0 Å². The highest BCUT2D eigenvalue weighted by Gasteiger charge is 2.41. The third-order valence-corrected chi connectivity index (χ3v) is 9.65. The van der Waals surface area contributed by atoms with Crippen molar-refractivity contribution in [2.24, 2.45) is 5.92 Å². The van der Waals surface area contributed by atoms with Crippen LogP contribution in [0.1, 0.15) is 99.6 Å². The summed E-state index contributed by atoms with van der Waals surface area (Å²) in [5.74, 6) is 0.576. The van der Waals surface area contributed by atoms with Crippen LogP contribution in [0.4, 0.5) is 0 Å². The molecule has 0 saturated heterocycles. The van der Waals surface area contributed by atoms with E-state index < -0.39 is 0 Å². The Hall–Kier alpha value is -3.64. The Balaban J connectivity index is 1.49. The summed E-state index contributed by atoms with van der Waals surface area (Å²) in [7, 11) is 0. The summed E-state index contributed by atoms with van der Waals surface area (Å²) in [6, 6.07) is 13.9. The van der Waals surface area contributed by atoms with Gasteiger partial charge in [0, 0.05) is 11.8 Å². The monoisotopic (exact) mass is 552 g/mol. The van der Waals surface area contributed by atoms with E-state index in [4.69, 9.17) is 6.58 Å². The maximum Gasteiger partial charge on any atom is 0.0203 e. The van der Waals surface area contributed by atoms with Crippen molar-refractivity contribution >= 4 is 11.1 Å². The minimum atomic E-state index is 0.280. The average molecular weight is 553 g/mol. The van der Waals surface area contributed by atoms with Crippen LogP contribution < -0.4 is 0 Å². The number of hydrogen-bond acceptors (Lipinski definition) is 0. The lowest BCUT2D eigenvalue weighted by Gasteiger charge is -2.36. The average Bonchev–Trinajstić information content (AvgIpc) is 3.56. The minimum Gasteiger partial charge on any atom is -0.0955 e. The highest BCUT2D eigenvalue weighted by Crippen LogP contribution is 2.55. The second kappa shape index (κ2) is 12.3. The van der Waals surface area contributed by atoms with E-state index in [0.29, 0.717) is 5.92 Å². The molecule has 0 nitrogen and oxygen atoms in total. The summed E-state index contributed by atoms with van der Waals surface area (Å²) in [4.78, 5) is 0. The van der Waals surface area contributed by atoms with Crippen LogP contribution in [-0.4, -0.2) is 0 Å². The standard InChI is InChI=1S/C42H48/c1-10-13-28(7)40-29(8)20-37-24-36(30(9)41(37)42(40)38-19-16-31(11-2)21-33(38)12-3)23-32-15-18-35(22-32)39-25-34(26(4)5)17-14-27(39)6/h14-21,23,25,41-42H,4,7,9-13,22,24H2,1-3,5-6,8H3.